The van der Waals surface area contributed by atoms with Crippen molar-refractivity contribution in [2.24, 2.45) is 22.7 Å². The zero-order valence-electron chi connectivity index (χ0n) is 29.1. The zero-order valence-corrected chi connectivity index (χ0v) is 29.1. The third kappa shape index (κ3) is 6.47. The summed E-state index contributed by atoms with van der Waals surface area (Å²) in [6.07, 6.45) is 3.18. The molecule has 3 aromatic rings. The van der Waals surface area contributed by atoms with E-state index < -0.39 is 23.8 Å². The molecular formula is C40H42N6O5. The van der Waals surface area contributed by atoms with Crippen molar-refractivity contribution in [3.63, 3.8) is 0 Å². The molecule has 51 heavy (non-hydrogen) atoms. The van der Waals surface area contributed by atoms with E-state index in [1.807, 2.05) is 13.8 Å². The normalized spacial score (nSPS) is 23.1. The Kier molecular flexibility index (Phi) is 8.87. The van der Waals surface area contributed by atoms with Crippen molar-refractivity contribution in [3.8, 4) is 6.07 Å². The van der Waals surface area contributed by atoms with Crippen LogP contribution >= 0.6 is 0 Å². The number of aryl methyl sites for hydroxylation is 1. The molecule has 4 aliphatic rings. The summed E-state index contributed by atoms with van der Waals surface area (Å²) in [5.41, 5.74) is 12.6. The number of aldehydes is 1. The summed E-state index contributed by atoms with van der Waals surface area (Å²) >= 11 is 0. The van der Waals surface area contributed by atoms with Crippen molar-refractivity contribution in [1.82, 2.24) is 4.90 Å². The monoisotopic (exact) mass is 686 g/mol. The van der Waals surface area contributed by atoms with Crippen LogP contribution in [-0.2, 0) is 19.8 Å². The molecule has 3 unspecified atom stereocenters. The zero-order chi connectivity index (χ0) is 36.0. The number of rotatable bonds is 14. The van der Waals surface area contributed by atoms with Gasteiger partial charge >= 0.3 is 0 Å². The van der Waals surface area contributed by atoms with Crippen LogP contribution in [0.2, 0.25) is 0 Å². The van der Waals surface area contributed by atoms with Crippen LogP contribution in [0.25, 0.3) is 0 Å². The first kappa shape index (κ1) is 34.0. The van der Waals surface area contributed by atoms with Crippen LogP contribution in [0.5, 0.6) is 0 Å². The molecule has 0 saturated heterocycles. The number of fused-ring (bicyclic) bond motifs is 1. The van der Waals surface area contributed by atoms with Crippen LogP contribution in [0.15, 0.2) is 65.8 Å². The fourth-order valence-corrected chi connectivity index (χ4v) is 7.63. The molecule has 3 amide bonds. The minimum Gasteiger partial charge on any atom is -0.392 e. The van der Waals surface area contributed by atoms with Crippen molar-refractivity contribution in [2.45, 2.75) is 76.4 Å². The van der Waals surface area contributed by atoms with Gasteiger partial charge in [0.2, 0.25) is 5.91 Å². The number of oxime groups is 1. The van der Waals surface area contributed by atoms with E-state index in [0.717, 1.165) is 70.2 Å². The second-order valence-electron chi connectivity index (χ2n) is 14.5. The van der Waals surface area contributed by atoms with E-state index in [4.69, 9.17) is 10.6 Å². The lowest BCUT2D eigenvalue weighted by molar-refractivity contribution is -0.118. The molecule has 3 aromatic carbocycles. The largest absolute Gasteiger partial charge is 0.392 e. The maximum absolute atomic E-state index is 13.2. The minimum absolute atomic E-state index is 0.00782. The Labute approximate surface area is 297 Å². The van der Waals surface area contributed by atoms with Crippen LogP contribution in [0.3, 0.4) is 0 Å². The SMILES string of the molecule is CC1=NOC(C)C1c1ccc(C)c(N(C[C@H]2C[C@@H]2CNc2ccc3c(c2)C(=O)N(C(C=O)CCC(N)=O)C3=O)c2ccc(C3(C#N)CC3)cc2)c1. The smallest absolute Gasteiger partial charge is 0.262 e. The summed E-state index contributed by atoms with van der Waals surface area (Å²) < 4.78 is 0. The summed E-state index contributed by atoms with van der Waals surface area (Å²) in [5.74, 6) is -0.831. The van der Waals surface area contributed by atoms with E-state index in [9.17, 15) is 24.4 Å². The van der Waals surface area contributed by atoms with Crippen molar-refractivity contribution < 1.29 is 24.0 Å². The summed E-state index contributed by atoms with van der Waals surface area (Å²) in [6.45, 7) is 7.67. The molecule has 2 fully saturated rings. The first-order valence-corrected chi connectivity index (χ1v) is 17.6. The first-order chi connectivity index (χ1) is 24.5. The molecule has 11 heteroatoms. The standard InChI is InChI=1S/C40H42N6O5/c1-23-4-5-26(37-24(2)44-51-25(37)3)17-35(23)45(31-9-6-29(7-10-31)40(22-41)14-15-40)20-28-16-27(28)19-43-30-8-12-33-34(18-30)39(50)46(38(33)49)32(21-47)11-13-36(42)48/h4-10,12,17-18,21,25,27-28,32,37,43H,11,13-16,19-20H2,1-3H3,(H2,42,48)/t25?,27-,28-,32?,37?/m1/s1. The van der Waals surface area contributed by atoms with Gasteiger partial charge in [-0.05, 0) is 111 Å². The van der Waals surface area contributed by atoms with Gasteiger partial charge in [-0.2, -0.15) is 5.26 Å². The van der Waals surface area contributed by atoms with Gasteiger partial charge in [0.05, 0.1) is 40.3 Å². The summed E-state index contributed by atoms with van der Waals surface area (Å²) in [5, 5.41) is 17.5. The molecule has 0 aromatic heterocycles. The molecule has 262 valence electrons. The molecule has 5 atom stereocenters. The van der Waals surface area contributed by atoms with Crippen molar-refractivity contribution in [3.05, 3.63) is 88.5 Å². The molecule has 2 aliphatic carbocycles. The molecule has 0 bridgehead atoms. The molecule has 2 saturated carbocycles. The quantitative estimate of drug-likeness (QED) is 0.160. The number of primary amides is 1. The average Bonchev–Trinajstić information content (AvgIpc) is 4.04. The Balaban J connectivity index is 1.07. The number of carbonyl (C=O) groups is 4. The van der Waals surface area contributed by atoms with E-state index in [1.165, 1.54) is 0 Å². The summed E-state index contributed by atoms with van der Waals surface area (Å²) in [7, 11) is 0. The number of amides is 3. The number of anilines is 3. The van der Waals surface area contributed by atoms with Crippen molar-refractivity contribution in [2.75, 3.05) is 23.3 Å². The molecule has 7 rings (SSSR count). The Bertz CT molecular complexity index is 1980. The van der Waals surface area contributed by atoms with Gasteiger partial charge < -0.3 is 25.6 Å². The van der Waals surface area contributed by atoms with E-state index in [2.05, 4.69) is 70.8 Å². The van der Waals surface area contributed by atoms with E-state index in [0.29, 0.717) is 24.7 Å². The Morgan fingerprint density at radius 3 is 2.49 bits per heavy atom. The summed E-state index contributed by atoms with van der Waals surface area (Å²) in [6, 6.07) is 21.6. The van der Waals surface area contributed by atoms with Gasteiger partial charge in [0.15, 0.2) is 0 Å². The van der Waals surface area contributed by atoms with Gasteiger partial charge in [-0.3, -0.25) is 19.3 Å². The van der Waals surface area contributed by atoms with Gasteiger partial charge in [-0.1, -0.05) is 29.4 Å². The van der Waals surface area contributed by atoms with Gasteiger partial charge in [-0.25, -0.2) is 0 Å². The number of imide groups is 1. The number of nitrogens with zero attached hydrogens (tertiary/aromatic N) is 4. The highest BCUT2D eigenvalue weighted by Crippen LogP contribution is 2.48. The molecule has 2 aliphatic heterocycles. The molecule has 2 heterocycles. The van der Waals surface area contributed by atoms with Gasteiger partial charge in [0, 0.05) is 36.6 Å². The number of nitriles is 1. The van der Waals surface area contributed by atoms with Crippen LogP contribution in [0.1, 0.15) is 89.3 Å². The highest BCUT2D eigenvalue weighted by atomic mass is 16.6. The summed E-state index contributed by atoms with van der Waals surface area (Å²) in [4.78, 5) is 58.2. The number of hydrogen-bond acceptors (Lipinski definition) is 9. The fourth-order valence-electron chi connectivity index (χ4n) is 7.63. The number of carbonyl (C=O) groups excluding carboxylic acids is 4. The van der Waals surface area contributed by atoms with Gasteiger partial charge in [-0.15, -0.1) is 0 Å². The first-order valence-electron chi connectivity index (χ1n) is 17.6. The average molecular weight is 687 g/mol. The van der Waals surface area contributed by atoms with Crippen molar-refractivity contribution >= 4 is 46.8 Å². The van der Waals surface area contributed by atoms with E-state index in [1.54, 1.807) is 18.2 Å². The molecule has 0 spiro atoms. The maximum Gasteiger partial charge on any atom is 0.262 e. The molecular weight excluding hydrogens is 644 g/mol. The maximum atomic E-state index is 13.2. The van der Waals surface area contributed by atoms with Crippen LogP contribution in [0, 0.1) is 30.1 Å². The third-order valence-corrected chi connectivity index (χ3v) is 11.0. The highest BCUT2D eigenvalue weighted by molar-refractivity contribution is 6.22. The predicted octanol–water partition coefficient (Wildman–Crippen LogP) is 5.74. The molecule has 3 N–H and O–H groups in total. The Morgan fingerprint density at radius 2 is 1.84 bits per heavy atom. The second kappa shape index (κ2) is 13.3. The van der Waals surface area contributed by atoms with Crippen LogP contribution in [-0.4, -0.2) is 59.9 Å². The van der Waals surface area contributed by atoms with Crippen molar-refractivity contribution in [1.29, 1.82) is 5.26 Å². The van der Waals surface area contributed by atoms with Gasteiger partial charge in [0.1, 0.15) is 12.4 Å². The number of nitrogens with one attached hydrogen (secondary N) is 1. The Morgan fingerprint density at radius 1 is 1.10 bits per heavy atom. The van der Waals surface area contributed by atoms with Crippen LogP contribution < -0.4 is 16.0 Å². The highest BCUT2D eigenvalue weighted by Gasteiger charge is 2.45. The molecule has 0 radical (unpaired) electrons. The topological polar surface area (TPSA) is 158 Å². The second-order valence-corrected chi connectivity index (χ2v) is 14.5. The van der Waals surface area contributed by atoms with E-state index >= 15 is 0 Å². The number of hydrogen-bond donors (Lipinski definition) is 2. The lowest BCUT2D eigenvalue weighted by atomic mass is 9.89. The van der Waals surface area contributed by atoms with Gasteiger partial charge in [0.25, 0.3) is 11.8 Å². The predicted molar refractivity (Wildman–Crippen MR) is 193 cm³/mol. The van der Waals surface area contributed by atoms with E-state index in [-0.39, 0.29) is 41.4 Å². The number of nitrogens with two attached hydrogens (primary N) is 1. The molecule has 11 nitrogen and oxygen atoms in total. The van der Waals surface area contributed by atoms with Crippen LogP contribution in [0.4, 0.5) is 17.1 Å². The third-order valence-electron chi connectivity index (χ3n) is 11.0. The lowest BCUT2D eigenvalue weighted by Gasteiger charge is -2.29. The Hall–Kier alpha value is -5.50. The lowest BCUT2D eigenvalue weighted by Crippen LogP contribution is -2.41. The number of benzene rings is 3. The minimum atomic E-state index is -1.05. The fraction of sp³-hybridized carbons (Fsp3) is 0.400.